The molecule has 0 aliphatic rings. The van der Waals surface area contributed by atoms with Crippen LogP contribution in [0.15, 0.2) is 17.0 Å². The summed E-state index contributed by atoms with van der Waals surface area (Å²) in [5.74, 6) is -4.00. The Morgan fingerprint density at radius 2 is 1.16 bits per heavy atom. The van der Waals surface area contributed by atoms with E-state index in [4.69, 9.17) is 0 Å². The molecule has 0 N–H and O–H groups in total. The lowest BCUT2D eigenvalue weighted by atomic mass is 9.97. The van der Waals surface area contributed by atoms with E-state index in [9.17, 15) is 23.2 Å². The molecule has 0 atom stereocenters. The van der Waals surface area contributed by atoms with Gasteiger partial charge in [0.05, 0.1) is 10.6 Å². The van der Waals surface area contributed by atoms with Crippen LogP contribution in [0, 0.1) is 29.4 Å². The van der Waals surface area contributed by atoms with Crippen LogP contribution in [0.25, 0.3) is 0 Å². The van der Waals surface area contributed by atoms with Crippen molar-refractivity contribution in [3.05, 3.63) is 23.8 Å². The molecule has 0 fully saturated rings. The summed E-state index contributed by atoms with van der Waals surface area (Å²) < 4.78 is 29.4. The molecule has 7 heteroatoms. The Kier molecular flexibility index (Phi) is 11.4. The van der Waals surface area contributed by atoms with Crippen LogP contribution >= 0.6 is 11.8 Å². The summed E-state index contributed by atoms with van der Waals surface area (Å²) in [6.45, 7) is 11.1. The van der Waals surface area contributed by atoms with Gasteiger partial charge in [0, 0.05) is 23.8 Å². The van der Waals surface area contributed by atoms with Crippen LogP contribution in [-0.2, 0) is 14.4 Å². The number of amides is 2. The van der Waals surface area contributed by atoms with E-state index in [2.05, 4.69) is 0 Å². The molecule has 0 bridgehead atoms. The molecule has 0 heterocycles. The standard InChI is InChI=1S/C24H35F2NO3S/c1-7-15(8-2)22(28)27(23(29)16(9-3)10-4)20-14-21(19(26)13-18(20)25)31-24(30)17(11-5)12-6/h13-17H,7-12H2,1-6H3. The van der Waals surface area contributed by atoms with Gasteiger partial charge in [-0.3, -0.25) is 14.4 Å². The van der Waals surface area contributed by atoms with Crippen LogP contribution < -0.4 is 4.90 Å². The average Bonchev–Trinajstić information content (AvgIpc) is 2.74. The van der Waals surface area contributed by atoms with Crippen LogP contribution in [0.5, 0.6) is 0 Å². The largest absolute Gasteiger partial charge is 0.287 e. The zero-order chi connectivity index (χ0) is 23.7. The molecule has 1 rings (SSSR count). The van der Waals surface area contributed by atoms with E-state index in [-0.39, 0.29) is 21.6 Å². The maximum absolute atomic E-state index is 14.9. The SMILES string of the molecule is CCC(CC)C(=O)Sc1cc(N(C(=O)C(CC)CC)C(=O)C(CC)CC)c(F)cc1F. The third kappa shape index (κ3) is 6.61. The Hall–Kier alpha value is -1.76. The fourth-order valence-corrected chi connectivity index (χ4v) is 4.61. The maximum atomic E-state index is 14.9. The Balaban J connectivity index is 3.54. The van der Waals surface area contributed by atoms with E-state index in [1.54, 1.807) is 0 Å². The molecule has 174 valence electrons. The highest BCUT2D eigenvalue weighted by Gasteiger charge is 2.34. The first-order chi connectivity index (χ1) is 14.7. The summed E-state index contributed by atoms with van der Waals surface area (Å²) in [5.41, 5.74) is -0.282. The molecule has 2 amide bonds. The van der Waals surface area contributed by atoms with E-state index in [0.717, 1.165) is 11.0 Å². The Morgan fingerprint density at radius 3 is 1.55 bits per heavy atom. The van der Waals surface area contributed by atoms with Crippen molar-refractivity contribution in [2.75, 3.05) is 4.90 Å². The summed E-state index contributed by atoms with van der Waals surface area (Å²) in [6, 6.07) is 1.79. The van der Waals surface area contributed by atoms with Gasteiger partial charge in [-0.1, -0.05) is 41.5 Å². The van der Waals surface area contributed by atoms with Crippen LogP contribution in [0.2, 0.25) is 0 Å². The molecule has 0 unspecified atom stereocenters. The lowest BCUT2D eigenvalue weighted by molar-refractivity contribution is -0.131. The first-order valence-electron chi connectivity index (χ1n) is 11.3. The monoisotopic (exact) mass is 455 g/mol. The number of carbonyl (C=O) groups is 3. The molecule has 0 saturated heterocycles. The molecule has 1 aromatic carbocycles. The smallest absolute Gasteiger partial charge is 0.236 e. The van der Waals surface area contributed by atoms with Crippen molar-refractivity contribution in [3.63, 3.8) is 0 Å². The van der Waals surface area contributed by atoms with Crippen LogP contribution in [0.1, 0.15) is 80.1 Å². The summed E-state index contributed by atoms with van der Waals surface area (Å²) in [7, 11) is 0. The highest BCUT2D eigenvalue weighted by Crippen LogP contribution is 2.34. The summed E-state index contributed by atoms with van der Waals surface area (Å²) in [6.07, 6.45) is 3.23. The number of hydrogen-bond acceptors (Lipinski definition) is 4. The first-order valence-corrected chi connectivity index (χ1v) is 12.1. The third-order valence-corrected chi connectivity index (χ3v) is 6.95. The second-order valence-corrected chi connectivity index (χ2v) is 8.75. The topological polar surface area (TPSA) is 54.5 Å². The molecule has 1 aromatic rings. The minimum Gasteiger partial charge on any atom is -0.287 e. The van der Waals surface area contributed by atoms with Crippen molar-refractivity contribution < 1.29 is 23.2 Å². The van der Waals surface area contributed by atoms with Gasteiger partial charge >= 0.3 is 0 Å². The first kappa shape index (κ1) is 27.3. The lowest BCUT2D eigenvalue weighted by Crippen LogP contribution is -2.44. The Bertz CT molecular complexity index is 748. The molecular weight excluding hydrogens is 420 g/mol. The fourth-order valence-electron chi connectivity index (χ4n) is 3.57. The predicted octanol–water partition coefficient (Wildman–Crippen LogP) is 6.75. The quantitative estimate of drug-likeness (QED) is 0.346. The van der Waals surface area contributed by atoms with Gasteiger partial charge in [0.25, 0.3) is 0 Å². The number of benzene rings is 1. The summed E-state index contributed by atoms with van der Waals surface area (Å²) in [5, 5.41) is -0.217. The molecule has 4 nitrogen and oxygen atoms in total. The van der Waals surface area contributed by atoms with E-state index in [1.807, 2.05) is 41.5 Å². The number of thioether (sulfide) groups is 1. The third-order valence-electron chi connectivity index (χ3n) is 5.88. The number of nitrogens with zero attached hydrogens (tertiary/aromatic N) is 1. The van der Waals surface area contributed by atoms with E-state index in [1.165, 1.54) is 0 Å². The van der Waals surface area contributed by atoms with Gasteiger partial charge in [0.15, 0.2) is 5.12 Å². The molecule has 31 heavy (non-hydrogen) atoms. The Morgan fingerprint density at radius 1 is 0.742 bits per heavy atom. The number of halogens is 2. The van der Waals surface area contributed by atoms with Crippen molar-refractivity contribution in [2.24, 2.45) is 17.8 Å². The van der Waals surface area contributed by atoms with Crippen molar-refractivity contribution in [1.29, 1.82) is 0 Å². The molecule has 0 aliphatic carbocycles. The normalized spacial score (nSPS) is 11.5. The van der Waals surface area contributed by atoms with Crippen LogP contribution in [0.4, 0.5) is 14.5 Å². The molecular formula is C24H35F2NO3S. The zero-order valence-corrected chi connectivity index (χ0v) is 20.3. The predicted molar refractivity (Wildman–Crippen MR) is 122 cm³/mol. The van der Waals surface area contributed by atoms with Gasteiger partial charge in [-0.15, -0.1) is 0 Å². The van der Waals surface area contributed by atoms with Gasteiger partial charge < -0.3 is 0 Å². The number of anilines is 1. The number of carbonyl (C=O) groups excluding carboxylic acids is 3. The van der Waals surface area contributed by atoms with Crippen molar-refractivity contribution in [3.8, 4) is 0 Å². The van der Waals surface area contributed by atoms with Crippen LogP contribution in [0.3, 0.4) is 0 Å². The van der Waals surface area contributed by atoms with E-state index in [0.29, 0.717) is 56.4 Å². The molecule has 0 aromatic heterocycles. The van der Waals surface area contributed by atoms with E-state index < -0.39 is 35.3 Å². The van der Waals surface area contributed by atoms with Crippen molar-refractivity contribution in [1.82, 2.24) is 0 Å². The number of imide groups is 1. The second kappa shape index (κ2) is 12.9. The lowest BCUT2D eigenvalue weighted by Gasteiger charge is -2.28. The van der Waals surface area contributed by atoms with Crippen molar-refractivity contribution >= 4 is 34.4 Å². The van der Waals surface area contributed by atoms with Gasteiger partial charge in [0.2, 0.25) is 11.8 Å². The number of rotatable bonds is 11. The Labute approximate surface area is 189 Å². The maximum Gasteiger partial charge on any atom is 0.236 e. The fraction of sp³-hybridized carbons (Fsp3) is 0.625. The van der Waals surface area contributed by atoms with Gasteiger partial charge in [0.1, 0.15) is 11.6 Å². The second-order valence-electron chi connectivity index (χ2n) is 7.71. The molecule has 0 radical (unpaired) electrons. The van der Waals surface area contributed by atoms with E-state index >= 15 is 0 Å². The van der Waals surface area contributed by atoms with Gasteiger partial charge in [-0.25, -0.2) is 13.7 Å². The highest BCUT2D eigenvalue weighted by atomic mass is 32.2. The summed E-state index contributed by atoms with van der Waals surface area (Å²) >= 11 is 0.701. The average molecular weight is 456 g/mol. The zero-order valence-electron chi connectivity index (χ0n) is 19.5. The van der Waals surface area contributed by atoms with Gasteiger partial charge in [-0.05, 0) is 56.4 Å². The van der Waals surface area contributed by atoms with Gasteiger partial charge in [-0.2, -0.15) is 0 Å². The van der Waals surface area contributed by atoms with Crippen LogP contribution in [-0.4, -0.2) is 16.9 Å². The minimum absolute atomic E-state index is 0.0759. The molecule has 0 saturated carbocycles. The minimum atomic E-state index is -0.990. The van der Waals surface area contributed by atoms with Crippen molar-refractivity contribution in [2.45, 2.75) is 85.0 Å². The summed E-state index contributed by atoms with van der Waals surface area (Å²) in [4.78, 5) is 39.8. The molecule has 0 aliphatic heterocycles. The number of hydrogen-bond donors (Lipinski definition) is 0. The molecule has 0 spiro atoms. The highest BCUT2D eigenvalue weighted by molar-refractivity contribution is 8.13.